The van der Waals surface area contributed by atoms with Crippen molar-refractivity contribution in [3.63, 3.8) is 0 Å². The minimum absolute atomic E-state index is 0.00961. The Labute approximate surface area is 114 Å². The first-order valence-electron chi connectivity index (χ1n) is 6.14. The molecular weight excluding hydrogens is 331 g/mol. The van der Waals surface area contributed by atoms with E-state index in [2.05, 4.69) is 33.5 Å². The standard InChI is InChI=1S/C12H13O2.3CH3.Sn/c1-2-10-14-12(13)9-8-11-6-4-3-5-7-11;;;;/h2-9,13H,1,10H2;3*1H3;/b12-9+;;;;. The molecule has 0 amide bonds. The molecule has 0 heterocycles. The Morgan fingerprint density at radius 3 is 2.44 bits per heavy atom. The van der Waals surface area contributed by atoms with Gasteiger partial charge in [0.05, 0.1) is 0 Å². The fourth-order valence-electron chi connectivity index (χ4n) is 1.84. The summed E-state index contributed by atoms with van der Waals surface area (Å²) in [5, 5.41) is 9.80. The Bertz CT molecular complexity index is 404. The molecule has 0 radical (unpaired) electrons. The summed E-state index contributed by atoms with van der Waals surface area (Å²) in [6.45, 7) is 3.91. The van der Waals surface area contributed by atoms with Crippen molar-refractivity contribution in [1.82, 2.24) is 0 Å². The second-order valence-corrected chi connectivity index (χ2v) is 20.6. The summed E-state index contributed by atoms with van der Waals surface area (Å²) in [5.74, 6) is 0.00961. The average molecular weight is 353 g/mol. The first-order chi connectivity index (χ1) is 8.45. The van der Waals surface area contributed by atoms with Crippen molar-refractivity contribution in [2.24, 2.45) is 0 Å². The second kappa shape index (κ2) is 6.88. The Balaban J connectivity index is 2.97. The van der Waals surface area contributed by atoms with Crippen LogP contribution < -0.4 is 0 Å². The van der Waals surface area contributed by atoms with E-state index in [1.807, 2.05) is 24.3 Å². The van der Waals surface area contributed by atoms with Crippen LogP contribution >= 0.6 is 0 Å². The quantitative estimate of drug-likeness (QED) is 0.471. The molecule has 98 valence electrons. The predicted octanol–water partition coefficient (Wildman–Crippen LogP) is 4.25. The van der Waals surface area contributed by atoms with Crippen molar-refractivity contribution in [1.29, 1.82) is 0 Å². The van der Waals surface area contributed by atoms with Crippen molar-refractivity contribution in [3.05, 3.63) is 60.6 Å². The number of hydrogen-bond donors (Lipinski definition) is 1. The predicted molar refractivity (Wildman–Crippen MR) is 79.4 cm³/mol. The Morgan fingerprint density at radius 1 is 1.33 bits per heavy atom. The molecule has 0 aliphatic rings. The molecule has 0 aromatic heterocycles. The first kappa shape index (κ1) is 15.2. The van der Waals surface area contributed by atoms with E-state index in [1.54, 1.807) is 6.08 Å². The van der Waals surface area contributed by atoms with Gasteiger partial charge in [-0.3, -0.25) is 0 Å². The number of hydrogen-bond acceptors (Lipinski definition) is 2. The molecule has 0 spiro atoms. The molecule has 1 aromatic carbocycles. The maximum atomic E-state index is 9.80. The van der Waals surface area contributed by atoms with Gasteiger partial charge in [-0.15, -0.1) is 0 Å². The van der Waals surface area contributed by atoms with Crippen molar-refractivity contribution in [2.45, 2.75) is 18.8 Å². The third kappa shape index (κ3) is 4.76. The molecule has 0 fully saturated rings. The van der Waals surface area contributed by atoms with Gasteiger partial charge in [0, 0.05) is 0 Å². The second-order valence-electron chi connectivity index (χ2n) is 5.36. The van der Waals surface area contributed by atoms with E-state index in [0.717, 1.165) is 0 Å². The molecule has 0 aliphatic heterocycles. The van der Waals surface area contributed by atoms with Crippen molar-refractivity contribution in [3.8, 4) is 0 Å². The van der Waals surface area contributed by atoms with Gasteiger partial charge in [0.15, 0.2) is 0 Å². The van der Waals surface area contributed by atoms with Crippen LogP contribution in [0.5, 0.6) is 0 Å². The van der Waals surface area contributed by atoms with Crippen LogP contribution in [-0.2, 0) is 4.74 Å². The number of rotatable bonds is 6. The molecule has 0 bridgehead atoms. The summed E-state index contributed by atoms with van der Waals surface area (Å²) < 4.78 is 5.48. The van der Waals surface area contributed by atoms with Gasteiger partial charge in [-0.05, 0) is 0 Å². The number of ether oxygens (including phenoxy) is 1. The monoisotopic (exact) mass is 354 g/mol. The molecule has 2 nitrogen and oxygen atoms in total. The van der Waals surface area contributed by atoms with E-state index < -0.39 is 18.4 Å². The molecule has 1 unspecified atom stereocenters. The number of aliphatic hydroxyl groups is 1. The summed E-state index contributed by atoms with van der Waals surface area (Å²) in [6, 6.07) is 10.3. The first-order valence-corrected chi connectivity index (χ1v) is 16.4. The summed E-state index contributed by atoms with van der Waals surface area (Å²) in [7, 11) is 0. The molecule has 18 heavy (non-hydrogen) atoms. The fraction of sp³-hybridized carbons (Fsp3) is 0.333. The molecule has 3 heteroatoms. The van der Waals surface area contributed by atoms with Gasteiger partial charge in [0.1, 0.15) is 0 Å². The van der Waals surface area contributed by atoms with E-state index in [4.69, 9.17) is 4.74 Å². The van der Waals surface area contributed by atoms with E-state index in [1.165, 1.54) is 5.56 Å². The van der Waals surface area contributed by atoms with Crippen molar-refractivity contribution in [2.75, 3.05) is 6.61 Å². The zero-order valence-corrected chi connectivity index (χ0v) is 14.2. The van der Waals surface area contributed by atoms with E-state index >= 15 is 0 Å². The van der Waals surface area contributed by atoms with Gasteiger partial charge >= 0.3 is 114 Å². The van der Waals surface area contributed by atoms with E-state index in [0.29, 0.717) is 10.5 Å². The van der Waals surface area contributed by atoms with Crippen LogP contribution in [0.2, 0.25) is 14.8 Å². The Morgan fingerprint density at radius 2 is 1.94 bits per heavy atom. The normalized spacial score (nSPS) is 14.1. The molecule has 0 saturated carbocycles. The van der Waals surface area contributed by atoms with Crippen LogP contribution in [0.25, 0.3) is 0 Å². The van der Waals surface area contributed by atoms with E-state index in [9.17, 15) is 5.11 Å². The Hall–Kier alpha value is -0.901. The van der Waals surface area contributed by atoms with Crippen LogP contribution in [-0.4, -0.2) is 30.1 Å². The van der Waals surface area contributed by atoms with Crippen LogP contribution in [0.15, 0.2) is 55.0 Å². The van der Waals surface area contributed by atoms with Crippen LogP contribution in [0, 0.1) is 0 Å². The van der Waals surface area contributed by atoms with Gasteiger partial charge in [-0.25, -0.2) is 0 Å². The third-order valence-electron chi connectivity index (χ3n) is 2.75. The summed E-state index contributed by atoms with van der Waals surface area (Å²) >= 11 is -2.23. The molecular formula is C15H22O2Sn. The summed E-state index contributed by atoms with van der Waals surface area (Å²) in [4.78, 5) is 7.05. The molecule has 1 aromatic rings. The third-order valence-corrected chi connectivity index (χ3v) is 9.50. The number of aliphatic hydroxyl groups excluding tert-OH is 1. The minimum atomic E-state index is -2.23. The molecule has 0 saturated heterocycles. The molecule has 0 aliphatic carbocycles. The fourth-order valence-corrected chi connectivity index (χ4v) is 7.08. The topological polar surface area (TPSA) is 29.5 Å². The zero-order chi connectivity index (χ0) is 13.6. The van der Waals surface area contributed by atoms with Gasteiger partial charge < -0.3 is 0 Å². The Kier molecular flexibility index (Phi) is 5.79. The maximum absolute atomic E-state index is 9.80. The summed E-state index contributed by atoms with van der Waals surface area (Å²) in [5.41, 5.74) is 1.26. The van der Waals surface area contributed by atoms with Gasteiger partial charge in [0.25, 0.3) is 0 Å². The van der Waals surface area contributed by atoms with Crippen molar-refractivity contribution < 1.29 is 9.84 Å². The van der Waals surface area contributed by atoms with Crippen LogP contribution in [0.1, 0.15) is 9.50 Å². The SMILES string of the molecule is C=CCO/C(O)=C/[CH](c1ccccc1)[Sn]([CH3])([CH3])[CH3]. The number of benzene rings is 1. The van der Waals surface area contributed by atoms with Gasteiger partial charge in [-0.1, -0.05) is 0 Å². The molecule has 1 atom stereocenters. The van der Waals surface area contributed by atoms with Gasteiger partial charge in [0.2, 0.25) is 0 Å². The number of allylic oxidation sites excluding steroid dienone is 1. The average Bonchev–Trinajstić information content (AvgIpc) is 2.33. The molecule has 1 N–H and O–H groups in total. The van der Waals surface area contributed by atoms with Gasteiger partial charge in [-0.2, -0.15) is 0 Å². The summed E-state index contributed by atoms with van der Waals surface area (Å²) in [6.07, 6.45) is 3.48. The van der Waals surface area contributed by atoms with Crippen LogP contribution in [0.4, 0.5) is 0 Å². The zero-order valence-electron chi connectivity index (χ0n) is 11.4. The van der Waals surface area contributed by atoms with E-state index in [-0.39, 0.29) is 5.95 Å². The molecule has 1 rings (SSSR count). The van der Waals surface area contributed by atoms with Crippen molar-refractivity contribution >= 4 is 18.4 Å². The van der Waals surface area contributed by atoms with Crippen LogP contribution in [0.3, 0.4) is 0 Å².